The molecule has 0 radical (unpaired) electrons. The normalized spacial score (nSPS) is 24.4. The number of rotatable bonds is 3. The Morgan fingerprint density at radius 2 is 1.61 bits per heavy atom. The predicted octanol–water partition coefficient (Wildman–Crippen LogP) is 2.67. The molecule has 0 bridgehead atoms. The molecule has 3 N–H and O–H groups in total. The van der Waals surface area contributed by atoms with Crippen LogP contribution in [0.3, 0.4) is 0 Å². The highest BCUT2D eigenvalue weighted by atomic mass is 32.1. The molecule has 0 aromatic rings. The monoisotopic (exact) mass is 268 g/mol. The summed E-state index contributed by atoms with van der Waals surface area (Å²) < 4.78 is 0. The van der Waals surface area contributed by atoms with Crippen molar-refractivity contribution in [2.45, 2.75) is 69.7 Å². The summed E-state index contributed by atoms with van der Waals surface area (Å²) in [7, 11) is 0. The maximum Gasteiger partial charge on any atom is 0.223 e. The topological polar surface area (TPSA) is 55.1 Å². The van der Waals surface area contributed by atoms with E-state index in [-0.39, 0.29) is 17.4 Å². The van der Waals surface area contributed by atoms with E-state index in [2.05, 4.69) is 5.32 Å². The second-order valence-corrected chi connectivity index (χ2v) is 6.27. The summed E-state index contributed by atoms with van der Waals surface area (Å²) in [4.78, 5) is 12.9. The number of amides is 1. The average molecular weight is 268 g/mol. The zero-order valence-corrected chi connectivity index (χ0v) is 11.9. The van der Waals surface area contributed by atoms with Crippen LogP contribution in [0.15, 0.2) is 0 Å². The first-order chi connectivity index (χ1) is 8.64. The van der Waals surface area contributed by atoms with Crippen LogP contribution in [0.25, 0.3) is 0 Å². The third-order valence-corrected chi connectivity index (χ3v) is 4.91. The molecule has 0 aromatic heterocycles. The summed E-state index contributed by atoms with van der Waals surface area (Å²) in [6, 6.07) is 0. The summed E-state index contributed by atoms with van der Waals surface area (Å²) in [6.07, 6.45) is 11.0. The van der Waals surface area contributed by atoms with Gasteiger partial charge in [-0.05, 0) is 25.7 Å². The molecule has 0 saturated heterocycles. The van der Waals surface area contributed by atoms with Gasteiger partial charge < -0.3 is 11.1 Å². The number of nitrogens with two attached hydrogens (primary N) is 1. The predicted molar refractivity (Wildman–Crippen MR) is 77.3 cm³/mol. The van der Waals surface area contributed by atoms with E-state index in [0.29, 0.717) is 4.99 Å². The fourth-order valence-corrected chi connectivity index (χ4v) is 3.55. The summed E-state index contributed by atoms with van der Waals surface area (Å²) in [5.74, 6) is 0.367. The van der Waals surface area contributed by atoms with Crippen LogP contribution in [0.5, 0.6) is 0 Å². The van der Waals surface area contributed by atoms with Gasteiger partial charge in [-0.1, -0.05) is 50.7 Å². The number of nitrogens with one attached hydrogen (secondary N) is 1. The van der Waals surface area contributed by atoms with Gasteiger partial charge in [0.05, 0.1) is 10.5 Å². The molecule has 2 saturated carbocycles. The van der Waals surface area contributed by atoms with Crippen molar-refractivity contribution in [1.29, 1.82) is 0 Å². The molecule has 4 heteroatoms. The van der Waals surface area contributed by atoms with Crippen molar-refractivity contribution in [1.82, 2.24) is 5.32 Å². The number of hydrogen-bond acceptors (Lipinski definition) is 2. The van der Waals surface area contributed by atoms with Crippen molar-refractivity contribution in [2.24, 2.45) is 11.7 Å². The SMILES string of the molecule is NC(=S)C1(NC(=O)C2CCCCCC2)CCCC1. The molecule has 0 aliphatic heterocycles. The van der Waals surface area contributed by atoms with Crippen molar-refractivity contribution in [3.05, 3.63) is 0 Å². The Bertz CT molecular complexity index is 316. The van der Waals surface area contributed by atoms with Gasteiger partial charge in [-0.2, -0.15) is 0 Å². The molecule has 2 fully saturated rings. The van der Waals surface area contributed by atoms with Crippen LogP contribution in [0, 0.1) is 5.92 Å². The van der Waals surface area contributed by atoms with Gasteiger partial charge in [0.1, 0.15) is 0 Å². The van der Waals surface area contributed by atoms with Gasteiger partial charge in [0, 0.05) is 5.92 Å². The van der Waals surface area contributed by atoms with E-state index in [1.165, 1.54) is 25.7 Å². The number of thiocarbonyl (C=S) groups is 1. The molecule has 2 aliphatic carbocycles. The second-order valence-electron chi connectivity index (χ2n) is 5.83. The van der Waals surface area contributed by atoms with Gasteiger partial charge in [0.15, 0.2) is 0 Å². The molecule has 0 unspecified atom stereocenters. The lowest BCUT2D eigenvalue weighted by molar-refractivity contribution is -0.126. The van der Waals surface area contributed by atoms with Crippen LogP contribution in [0.2, 0.25) is 0 Å². The zero-order chi connectivity index (χ0) is 13.0. The second kappa shape index (κ2) is 6.00. The molecule has 0 aromatic carbocycles. The highest BCUT2D eigenvalue weighted by Gasteiger charge is 2.39. The van der Waals surface area contributed by atoms with Crippen LogP contribution in [-0.4, -0.2) is 16.4 Å². The molecule has 3 nitrogen and oxygen atoms in total. The van der Waals surface area contributed by atoms with Crippen molar-refractivity contribution >= 4 is 23.1 Å². The molecule has 0 atom stereocenters. The lowest BCUT2D eigenvalue weighted by Crippen LogP contribution is -2.56. The Labute approximate surface area is 115 Å². The van der Waals surface area contributed by atoms with Crippen molar-refractivity contribution in [3.63, 3.8) is 0 Å². The third-order valence-electron chi connectivity index (χ3n) is 4.52. The number of carbonyl (C=O) groups excluding carboxylic acids is 1. The van der Waals surface area contributed by atoms with Crippen LogP contribution in [0.4, 0.5) is 0 Å². The van der Waals surface area contributed by atoms with E-state index in [4.69, 9.17) is 18.0 Å². The first-order valence-corrected chi connectivity index (χ1v) is 7.67. The fourth-order valence-electron chi connectivity index (χ4n) is 3.29. The molecule has 2 rings (SSSR count). The van der Waals surface area contributed by atoms with Gasteiger partial charge in [-0.15, -0.1) is 0 Å². The molecule has 18 heavy (non-hydrogen) atoms. The van der Waals surface area contributed by atoms with Crippen LogP contribution >= 0.6 is 12.2 Å². The fraction of sp³-hybridized carbons (Fsp3) is 0.857. The van der Waals surface area contributed by atoms with E-state index in [0.717, 1.165) is 38.5 Å². The first-order valence-electron chi connectivity index (χ1n) is 7.26. The van der Waals surface area contributed by atoms with Gasteiger partial charge in [-0.25, -0.2) is 0 Å². The Balaban J connectivity index is 1.98. The smallest absolute Gasteiger partial charge is 0.223 e. The van der Waals surface area contributed by atoms with Crippen LogP contribution in [0.1, 0.15) is 64.2 Å². The first kappa shape index (κ1) is 13.8. The highest BCUT2D eigenvalue weighted by Crippen LogP contribution is 2.31. The number of carbonyl (C=O) groups is 1. The quantitative estimate of drug-likeness (QED) is 0.611. The standard InChI is InChI=1S/C14H24N2OS/c15-13(18)14(9-5-6-10-14)16-12(17)11-7-3-1-2-4-8-11/h11H,1-10H2,(H2,15,18)(H,16,17). The van der Waals surface area contributed by atoms with E-state index in [1.807, 2.05) is 0 Å². The van der Waals surface area contributed by atoms with E-state index >= 15 is 0 Å². The van der Waals surface area contributed by atoms with E-state index < -0.39 is 0 Å². The summed E-state index contributed by atoms with van der Waals surface area (Å²) in [5.41, 5.74) is 5.48. The average Bonchev–Trinajstić information content (AvgIpc) is 2.65. The molecule has 0 spiro atoms. The summed E-state index contributed by atoms with van der Waals surface area (Å²) >= 11 is 5.18. The third kappa shape index (κ3) is 3.02. The Kier molecular flexibility index (Phi) is 4.60. The Morgan fingerprint density at radius 3 is 2.11 bits per heavy atom. The Hall–Kier alpha value is -0.640. The molecule has 2 aliphatic rings. The maximum atomic E-state index is 12.4. The maximum absolute atomic E-state index is 12.4. The minimum Gasteiger partial charge on any atom is -0.391 e. The van der Waals surface area contributed by atoms with Gasteiger partial charge in [0.25, 0.3) is 0 Å². The molecule has 102 valence electrons. The minimum absolute atomic E-state index is 0.180. The summed E-state index contributed by atoms with van der Waals surface area (Å²) in [6.45, 7) is 0. The van der Waals surface area contributed by atoms with Crippen molar-refractivity contribution < 1.29 is 4.79 Å². The largest absolute Gasteiger partial charge is 0.391 e. The molecular weight excluding hydrogens is 244 g/mol. The van der Waals surface area contributed by atoms with Gasteiger partial charge in [0.2, 0.25) is 5.91 Å². The molecule has 1 amide bonds. The lowest BCUT2D eigenvalue weighted by Gasteiger charge is -2.31. The van der Waals surface area contributed by atoms with Gasteiger partial charge >= 0.3 is 0 Å². The van der Waals surface area contributed by atoms with E-state index in [1.54, 1.807) is 0 Å². The van der Waals surface area contributed by atoms with Crippen LogP contribution < -0.4 is 11.1 Å². The zero-order valence-electron chi connectivity index (χ0n) is 11.0. The lowest BCUT2D eigenvalue weighted by atomic mass is 9.93. The Morgan fingerprint density at radius 1 is 1.06 bits per heavy atom. The molecule has 0 heterocycles. The van der Waals surface area contributed by atoms with Crippen molar-refractivity contribution in [2.75, 3.05) is 0 Å². The highest BCUT2D eigenvalue weighted by molar-refractivity contribution is 7.80. The van der Waals surface area contributed by atoms with Crippen molar-refractivity contribution in [3.8, 4) is 0 Å². The van der Waals surface area contributed by atoms with Crippen LogP contribution in [-0.2, 0) is 4.79 Å². The van der Waals surface area contributed by atoms with Gasteiger partial charge in [-0.3, -0.25) is 4.79 Å². The number of hydrogen-bond donors (Lipinski definition) is 2. The van der Waals surface area contributed by atoms with E-state index in [9.17, 15) is 4.79 Å². The summed E-state index contributed by atoms with van der Waals surface area (Å²) in [5, 5.41) is 3.18. The minimum atomic E-state index is -0.376. The molecular formula is C14H24N2OS.